The molecule has 9 heteroatoms. The standard InChI is InChI=1S/C16H21N3O6/c1-3-18(4-2)14(20)6-5-7-17-15(21)11-8-12(16(22)23)10-13(9-11)19(24)25/h8-10H,3-7H2,1-2H3,(H,17,21)(H,22,23). The van der Waals surface area contributed by atoms with Gasteiger partial charge in [0.1, 0.15) is 0 Å². The largest absolute Gasteiger partial charge is 0.478 e. The van der Waals surface area contributed by atoms with Crippen molar-refractivity contribution in [3.63, 3.8) is 0 Å². The molecule has 0 radical (unpaired) electrons. The van der Waals surface area contributed by atoms with Crippen molar-refractivity contribution in [2.75, 3.05) is 19.6 Å². The number of carboxylic acids is 1. The molecule has 25 heavy (non-hydrogen) atoms. The molecule has 0 saturated heterocycles. The van der Waals surface area contributed by atoms with Gasteiger partial charge in [-0.3, -0.25) is 19.7 Å². The van der Waals surface area contributed by atoms with Crippen molar-refractivity contribution in [2.24, 2.45) is 0 Å². The maximum absolute atomic E-state index is 12.1. The van der Waals surface area contributed by atoms with Crippen molar-refractivity contribution in [2.45, 2.75) is 26.7 Å². The Labute approximate surface area is 144 Å². The number of rotatable bonds is 9. The highest BCUT2D eigenvalue weighted by molar-refractivity contribution is 5.98. The van der Waals surface area contributed by atoms with E-state index in [1.54, 1.807) is 4.90 Å². The van der Waals surface area contributed by atoms with Crippen molar-refractivity contribution in [1.29, 1.82) is 0 Å². The lowest BCUT2D eigenvalue weighted by molar-refractivity contribution is -0.384. The number of carboxylic acid groups (broad SMARTS) is 1. The fourth-order valence-corrected chi connectivity index (χ4v) is 2.25. The van der Waals surface area contributed by atoms with Crippen LogP contribution in [0.25, 0.3) is 0 Å². The minimum atomic E-state index is -1.36. The molecule has 136 valence electrons. The van der Waals surface area contributed by atoms with E-state index in [1.807, 2.05) is 13.8 Å². The average Bonchev–Trinajstić information content (AvgIpc) is 2.59. The normalized spacial score (nSPS) is 10.2. The fourth-order valence-electron chi connectivity index (χ4n) is 2.25. The third kappa shape index (κ3) is 5.87. The molecule has 0 heterocycles. The molecule has 0 aromatic heterocycles. The van der Waals surface area contributed by atoms with E-state index in [0.29, 0.717) is 19.5 Å². The highest BCUT2D eigenvalue weighted by Gasteiger charge is 2.17. The molecule has 0 aliphatic rings. The number of nitrogens with one attached hydrogen (secondary N) is 1. The van der Waals surface area contributed by atoms with Crippen molar-refractivity contribution in [3.8, 4) is 0 Å². The van der Waals surface area contributed by atoms with Crippen LogP contribution in [0.5, 0.6) is 0 Å². The molecule has 0 aliphatic carbocycles. The van der Waals surface area contributed by atoms with Crippen molar-refractivity contribution in [3.05, 3.63) is 39.4 Å². The second kappa shape index (κ2) is 9.36. The van der Waals surface area contributed by atoms with Gasteiger partial charge in [-0.2, -0.15) is 0 Å². The first-order valence-corrected chi connectivity index (χ1v) is 7.88. The molecule has 0 saturated carbocycles. The van der Waals surface area contributed by atoms with E-state index < -0.39 is 22.5 Å². The van der Waals surface area contributed by atoms with Crippen molar-refractivity contribution in [1.82, 2.24) is 10.2 Å². The highest BCUT2D eigenvalue weighted by atomic mass is 16.6. The predicted molar refractivity (Wildman–Crippen MR) is 89.6 cm³/mol. The van der Waals surface area contributed by atoms with Crippen LogP contribution in [0.1, 0.15) is 47.4 Å². The maximum atomic E-state index is 12.1. The van der Waals surface area contributed by atoms with Crippen LogP contribution in [-0.4, -0.2) is 52.3 Å². The average molecular weight is 351 g/mol. The van der Waals surface area contributed by atoms with Crippen LogP contribution in [0.15, 0.2) is 18.2 Å². The summed E-state index contributed by atoms with van der Waals surface area (Å²) < 4.78 is 0. The van der Waals surface area contributed by atoms with Gasteiger partial charge in [0, 0.05) is 43.8 Å². The van der Waals surface area contributed by atoms with Gasteiger partial charge in [0.05, 0.1) is 10.5 Å². The van der Waals surface area contributed by atoms with Gasteiger partial charge in [-0.05, 0) is 26.3 Å². The molecule has 0 fully saturated rings. The smallest absolute Gasteiger partial charge is 0.335 e. The first kappa shape index (κ1) is 20.1. The van der Waals surface area contributed by atoms with Gasteiger partial charge in [-0.25, -0.2) is 4.79 Å². The van der Waals surface area contributed by atoms with Crippen LogP contribution in [0, 0.1) is 10.1 Å². The van der Waals surface area contributed by atoms with Crippen LogP contribution in [0.4, 0.5) is 5.69 Å². The maximum Gasteiger partial charge on any atom is 0.335 e. The summed E-state index contributed by atoms with van der Waals surface area (Å²) in [4.78, 5) is 46.7. The SMILES string of the molecule is CCN(CC)C(=O)CCCNC(=O)c1cc(C(=O)O)cc([N+](=O)[O-])c1. The molecule has 1 aromatic rings. The molecule has 9 nitrogen and oxygen atoms in total. The summed E-state index contributed by atoms with van der Waals surface area (Å²) in [5, 5.41) is 22.4. The Bertz CT molecular complexity index is 638. The van der Waals surface area contributed by atoms with Gasteiger partial charge in [0.15, 0.2) is 0 Å². The van der Waals surface area contributed by atoms with E-state index in [4.69, 9.17) is 5.11 Å². The molecule has 1 aromatic carbocycles. The molecule has 1 rings (SSSR count). The lowest BCUT2D eigenvalue weighted by Crippen LogP contribution is -2.31. The number of benzene rings is 1. The van der Waals surface area contributed by atoms with E-state index in [0.717, 1.165) is 18.2 Å². The van der Waals surface area contributed by atoms with Crippen LogP contribution in [-0.2, 0) is 4.79 Å². The predicted octanol–water partition coefficient (Wildman–Crippen LogP) is 1.67. The van der Waals surface area contributed by atoms with Crippen LogP contribution in [0.3, 0.4) is 0 Å². The molecule has 0 spiro atoms. The summed E-state index contributed by atoms with van der Waals surface area (Å²) in [5.41, 5.74) is -0.917. The molecular weight excluding hydrogens is 330 g/mol. The van der Waals surface area contributed by atoms with Gasteiger partial charge in [0.2, 0.25) is 5.91 Å². The first-order chi connectivity index (χ1) is 11.8. The lowest BCUT2D eigenvalue weighted by Gasteiger charge is -2.18. The zero-order valence-corrected chi connectivity index (χ0v) is 14.2. The number of non-ortho nitro benzene ring substituents is 1. The molecule has 2 N–H and O–H groups in total. The fraction of sp³-hybridized carbons (Fsp3) is 0.438. The third-order valence-electron chi connectivity index (χ3n) is 3.61. The Balaban J connectivity index is 2.67. The van der Waals surface area contributed by atoms with Crippen LogP contribution in [0.2, 0.25) is 0 Å². The first-order valence-electron chi connectivity index (χ1n) is 7.88. The zero-order chi connectivity index (χ0) is 19.0. The number of carbonyl (C=O) groups is 3. The molecular formula is C16H21N3O6. The summed E-state index contributed by atoms with van der Waals surface area (Å²) in [7, 11) is 0. The van der Waals surface area contributed by atoms with Crippen LogP contribution < -0.4 is 5.32 Å². The van der Waals surface area contributed by atoms with E-state index >= 15 is 0 Å². The Morgan fingerprint density at radius 1 is 1.16 bits per heavy atom. The Hall–Kier alpha value is -2.97. The second-order valence-electron chi connectivity index (χ2n) is 5.26. The van der Waals surface area contributed by atoms with Crippen molar-refractivity contribution >= 4 is 23.5 Å². The molecule has 0 unspecified atom stereocenters. The summed E-state index contributed by atoms with van der Waals surface area (Å²) in [6.45, 7) is 5.20. The van der Waals surface area contributed by atoms with Gasteiger partial charge in [-0.1, -0.05) is 0 Å². The van der Waals surface area contributed by atoms with Gasteiger partial charge >= 0.3 is 5.97 Å². The molecule has 0 atom stereocenters. The number of hydrogen-bond donors (Lipinski definition) is 2. The monoisotopic (exact) mass is 351 g/mol. The molecule has 0 aliphatic heterocycles. The number of nitro benzene ring substituents is 1. The summed E-state index contributed by atoms with van der Waals surface area (Å²) >= 11 is 0. The summed E-state index contributed by atoms with van der Waals surface area (Å²) in [5.74, 6) is -1.99. The van der Waals surface area contributed by atoms with E-state index in [2.05, 4.69) is 5.32 Å². The number of hydrogen-bond acceptors (Lipinski definition) is 5. The Morgan fingerprint density at radius 2 is 1.76 bits per heavy atom. The topological polar surface area (TPSA) is 130 Å². The lowest BCUT2D eigenvalue weighted by atomic mass is 10.1. The van der Waals surface area contributed by atoms with Crippen molar-refractivity contribution < 1.29 is 24.4 Å². The number of amides is 2. The number of nitrogens with zero attached hydrogens (tertiary/aromatic N) is 2. The Kier molecular flexibility index (Phi) is 7.51. The second-order valence-corrected chi connectivity index (χ2v) is 5.26. The zero-order valence-electron chi connectivity index (χ0n) is 14.2. The number of aromatic carboxylic acids is 1. The number of carbonyl (C=O) groups excluding carboxylic acids is 2. The van der Waals surface area contributed by atoms with E-state index in [9.17, 15) is 24.5 Å². The highest BCUT2D eigenvalue weighted by Crippen LogP contribution is 2.17. The minimum Gasteiger partial charge on any atom is -0.478 e. The van der Waals surface area contributed by atoms with E-state index in [1.165, 1.54) is 0 Å². The van der Waals surface area contributed by atoms with Crippen LogP contribution >= 0.6 is 0 Å². The molecule has 0 bridgehead atoms. The van der Waals surface area contributed by atoms with E-state index in [-0.39, 0.29) is 30.0 Å². The van der Waals surface area contributed by atoms with Gasteiger partial charge < -0.3 is 15.3 Å². The van der Waals surface area contributed by atoms with Gasteiger partial charge in [0.25, 0.3) is 11.6 Å². The Morgan fingerprint density at radius 3 is 2.28 bits per heavy atom. The molecule has 2 amide bonds. The minimum absolute atomic E-state index is 0.0113. The summed E-state index contributed by atoms with van der Waals surface area (Å²) in [6, 6.07) is 2.98. The summed E-state index contributed by atoms with van der Waals surface area (Å²) in [6.07, 6.45) is 0.694. The van der Waals surface area contributed by atoms with Gasteiger partial charge in [-0.15, -0.1) is 0 Å². The number of nitro groups is 1. The third-order valence-corrected chi connectivity index (χ3v) is 3.61. The quantitative estimate of drug-likeness (QED) is 0.395.